The van der Waals surface area contributed by atoms with Gasteiger partial charge in [-0.1, -0.05) is 32.4 Å². The molecule has 0 radical (unpaired) electrons. The first-order chi connectivity index (χ1) is 17.4. The van der Waals surface area contributed by atoms with E-state index in [2.05, 4.69) is 10.6 Å². The molecule has 37 heavy (non-hydrogen) atoms. The molecule has 8 N–H and O–H groups in total. The maximum absolute atomic E-state index is 13.4. The number of hydrogen-bond acceptors (Lipinski definition) is 7. The van der Waals surface area contributed by atoms with Gasteiger partial charge in [-0.05, 0) is 42.9 Å². The normalized spacial score (nSPS) is 18.4. The first-order valence-corrected chi connectivity index (χ1v) is 12.4. The van der Waals surface area contributed by atoms with Crippen LogP contribution in [0.25, 0.3) is 0 Å². The van der Waals surface area contributed by atoms with Crippen LogP contribution in [-0.2, 0) is 30.4 Å². The Hall–Kier alpha value is -3.67. The molecule has 5 unspecified atom stereocenters. The average Bonchev–Trinajstić information content (AvgIpc) is 3.36. The maximum Gasteiger partial charge on any atom is 0.326 e. The number of aliphatic carboxylic acids is 1. The number of likely N-dealkylation sites (tertiary alicyclic amines) is 1. The van der Waals surface area contributed by atoms with Gasteiger partial charge in [0.2, 0.25) is 23.6 Å². The molecule has 0 spiro atoms. The zero-order valence-electron chi connectivity index (χ0n) is 21.2. The van der Waals surface area contributed by atoms with Crippen LogP contribution in [0.2, 0.25) is 0 Å². The molecule has 2 rings (SSSR count). The zero-order chi connectivity index (χ0) is 27.7. The Labute approximate surface area is 215 Å². The minimum Gasteiger partial charge on any atom is -0.508 e. The van der Waals surface area contributed by atoms with E-state index in [4.69, 9.17) is 11.5 Å². The average molecular weight is 520 g/mol. The fourth-order valence-corrected chi connectivity index (χ4v) is 4.19. The SMILES string of the molecule is CCC(C)C(NC(=O)C(Cc1ccc(O)cc1)NC(=O)C(N)CCC(N)=O)C(=O)N1CCCC1C(=O)O. The number of nitrogens with two attached hydrogens (primary N) is 2. The summed E-state index contributed by atoms with van der Waals surface area (Å²) in [6, 6.07) is 1.89. The van der Waals surface area contributed by atoms with Gasteiger partial charge in [-0.25, -0.2) is 4.79 Å². The standard InChI is InChI=1S/C25H37N5O7/c1-3-14(2)21(24(35)30-12-4-5-19(30)25(36)37)29-23(34)18(13-15-6-8-16(31)9-7-15)28-22(33)17(26)10-11-20(27)32/h6-9,14,17-19,21,31H,3-5,10-13,26H2,1-2H3,(H2,27,32)(H,28,33)(H,29,34)(H,36,37). The maximum atomic E-state index is 13.4. The summed E-state index contributed by atoms with van der Waals surface area (Å²) in [7, 11) is 0. The third-order valence-electron chi connectivity index (χ3n) is 6.65. The number of phenolic OH excluding ortho intramolecular Hbond substituents is 1. The minimum absolute atomic E-state index is 0.00572. The van der Waals surface area contributed by atoms with E-state index in [1.807, 2.05) is 6.92 Å². The van der Waals surface area contributed by atoms with Crippen molar-refractivity contribution in [3.63, 3.8) is 0 Å². The van der Waals surface area contributed by atoms with E-state index < -0.39 is 53.8 Å². The number of hydrogen-bond donors (Lipinski definition) is 6. The molecule has 4 amide bonds. The molecular weight excluding hydrogens is 482 g/mol. The number of phenols is 1. The molecule has 1 aromatic carbocycles. The lowest BCUT2D eigenvalue weighted by Crippen LogP contribution is -2.59. The fraction of sp³-hybridized carbons (Fsp3) is 0.560. The number of nitrogens with zero attached hydrogens (tertiary/aromatic N) is 1. The second-order valence-electron chi connectivity index (χ2n) is 9.44. The number of carboxylic acids is 1. The van der Waals surface area contributed by atoms with Crippen LogP contribution in [-0.4, -0.2) is 75.4 Å². The number of carboxylic acid groups (broad SMARTS) is 1. The molecule has 12 heteroatoms. The van der Waals surface area contributed by atoms with Crippen LogP contribution in [0.15, 0.2) is 24.3 Å². The molecule has 204 valence electrons. The van der Waals surface area contributed by atoms with Gasteiger partial charge in [0.15, 0.2) is 0 Å². The third-order valence-corrected chi connectivity index (χ3v) is 6.65. The largest absolute Gasteiger partial charge is 0.508 e. The summed E-state index contributed by atoms with van der Waals surface area (Å²) in [5.74, 6) is -3.79. The number of rotatable bonds is 13. The van der Waals surface area contributed by atoms with Crippen molar-refractivity contribution in [1.82, 2.24) is 15.5 Å². The van der Waals surface area contributed by atoms with Gasteiger partial charge < -0.3 is 37.2 Å². The Morgan fingerprint density at radius 2 is 1.76 bits per heavy atom. The third kappa shape index (κ3) is 8.45. The van der Waals surface area contributed by atoms with Crippen LogP contribution >= 0.6 is 0 Å². The number of carbonyl (C=O) groups is 5. The Kier molecular flexibility index (Phi) is 10.9. The Morgan fingerprint density at radius 1 is 1.11 bits per heavy atom. The molecule has 0 saturated carbocycles. The molecule has 0 aliphatic carbocycles. The second kappa shape index (κ2) is 13.6. The Bertz CT molecular complexity index is 984. The summed E-state index contributed by atoms with van der Waals surface area (Å²) in [6.45, 7) is 3.91. The first-order valence-electron chi connectivity index (χ1n) is 12.4. The van der Waals surface area contributed by atoms with E-state index in [0.717, 1.165) is 0 Å². The predicted octanol–water partition coefficient (Wildman–Crippen LogP) is -0.381. The van der Waals surface area contributed by atoms with Crippen LogP contribution in [0.1, 0.15) is 51.5 Å². The highest BCUT2D eigenvalue weighted by Crippen LogP contribution is 2.21. The Balaban J connectivity index is 2.26. The van der Waals surface area contributed by atoms with Gasteiger partial charge in [0.05, 0.1) is 6.04 Å². The molecule has 1 aliphatic rings. The van der Waals surface area contributed by atoms with Crippen LogP contribution in [0.4, 0.5) is 0 Å². The lowest BCUT2D eigenvalue weighted by Gasteiger charge is -2.31. The highest BCUT2D eigenvalue weighted by Gasteiger charge is 2.40. The molecule has 1 aliphatic heterocycles. The van der Waals surface area contributed by atoms with Crippen molar-refractivity contribution in [1.29, 1.82) is 0 Å². The summed E-state index contributed by atoms with van der Waals surface area (Å²) in [5, 5.41) is 24.4. The van der Waals surface area contributed by atoms with Gasteiger partial charge in [-0.15, -0.1) is 0 Å². The van der Waals surface area contributed by atoms with Crippen molar-refractivity contribution in [2.45, 2.75) is 76.5 Å². The van der Waals surface area contributed by atoms with E-state index in [0.29, 0.717) is 24.8 Å². The van der Waals surface area contributed by atoms with E-state index in [9.17, 15) is 34.2 Å². The molecule has 1 aromatic rings. The second-order valence-corrected chi connectivity index (χ2v) is 9.44. The molecule has 0 aromatic heterocycles. The van der Waals surface area contributed by atoms with Crippen molar-refractivity contribution in [2.24, 2.45) is 17.4 Å². The van der Waals surface area contributed by atoms with Gasteiger partial charge in [0, 0.05) is 19.4 Å². The lowest BCUT2D eigenvalue weighted by atomic mass is 9.96. The van der Waals surface area contributed by atoms with E-state index >= 15 is 0 Å². The summed E-state index contributed by atoms with van der Waals surface area (Å²) in [6.07, 6.45) is 1.35. The Morgan fingerprint density at radius 3 is 2.32 bits per heavy atom. The highest BCUT2D eigenvalue weighted by atomic mass is 16.4. The zero-order valence-corrected chi connectivity index (χ0v) is 21.2. The van der Waals surface area contributed by atoms with Gasteiger partial charge in [-0.3, -0.25) is 19.2 Å². The minimum atomic E-state index is -1.13. The summed E-state index contributed by atoms with van der Waals surface area (Å²) < 4.78 is 0. The number of benzene rings is 1. The summed E-state index contributed by atoms with van der Waals surface area (Å²) in [4.78, 5) is 63.5. The van der Waals surface area contributed by atoms with Gasteiger partial charge in [-0.2, -0.15) is 0 Å². The molecule has 1 fully saturated rings. The smallest absolute Gasteiger partial charge is 0.326 e. The van der Waals surface area contributed by atoms with E-state index in [1.165, 1.54) is 17.0 Å². The summed E-state index contributed by atoms with van der Waals surface area (Å²) in [5.41, 5.74) is 11.6. The van der Waals surface area contributed by atoms with E-state index in [1.54, 1.807) is 19.1 Å². The fourth-order valence-electron chi connectivity index (χ4n) is 4.19. The van der Waals surface area contributed by atoms with Crippen LogP contribution in [0.5, 0.6) is 5.75 Å². The van der Waals surface area contributed by atoms with Crippen molar-refractivity contribution in [3.8, 4) is 5.75 Å². The monoisotopic (exact) mass is 519 g/mol. The van der Waals surface area contributed by atoms with Gasteiger partial charge in [0.25, 0.3) is 0 Å². The van der Waals surface area contributed by atoms with Crippen LogP contribution in [0, 0.1) is 5.92 Å². The van der Waals surface area contributed by atoms with Crippen LogP contribution < -0.4 is 22.1 Å². The predicted molar refractivity (Wildman–Crippen MR) is 134 cm³/mol. The number of aromatic hydroxyl groups is 1. The van der Waals surface area contributed by atoms with E-state index in [-0.39, 0.29) is 37.5 Å². The molecule has 12 nitrogen and oxygen atoms in total. The van der Waals surface area contributed by atoms with Crippen LogP contribution in [0.3, 0.4) is 0 Å². The number of nitrogens with one attached hydrogen (secondary N) is 2. The summed E-state index contributed by atoms with van der Waals surface area (Å²) >= 11 is 0. The highest BCUT2D eigenvalue weighted by molar-refractivity contribution is 5.94. The molecular formula is C25H37N5O7. The lowest BCUT2D eigenvalue weighted by molar-refractivity contribution is -0.150. The van der Waals surface area contributed by atoms with Crippen molar-refractivity contribution < 1.29 is 34.2 Å². The van der Waals surface area contributed by atoms with Crippen molar-refractivity contribution >= 4 is 29.6 Å². The van der Waals surface area contributed by atoms with Crippen molar-refractivity contribution in [3.05, 3.63) is 29.8 Å². The molecule has 1 saturated heterocycles. The molecule has 1 heterocycles. The van der Waals surface area contributed by atoms with Gasteiger partial charge >= 0.3 is 5.97 Å². The topological polar surface area (TPSA) is 205 Å². The molecule has 0 bridgehead atoms. The first kappa shape index (κ1) is 29.6. The number of primary amides is 1. The van der Waals surface area contributed by atoms with Crippen molar-refractivity contribution in [2.75, 3.05) is 6.54 Å². The number of amides is 4. The molecule has 5 atom stereocenters. The number of carbonyl (C=O) groups excluding carboxylic acids is 4. The van der Waals surface area contributed by atoms with Gasteiger partial charge in [0.1, 0.15) is 23.9 Å². The quantitative estimate of drug-likeness (QED) is 0.202.